The van der Waals surface area contributed by atoms with E-state index in [9.17, 15) is 19.2 Å². The van der Waals surface area contributed by atoms with E-state index in [1.807, 2.05) is 108 Å². The van der Waals surface area contributed by atoms with Gasteiger partial charge in [-0.25, -0.2) is 0 Å². The molecule has 2 fully saturated rings. The maximum Gasteiger partial charge on any atom is 0.307 e. The zero-order valence-corrected chi connectivity index (χ0v) is 34.2. The number of rotatable bonds is 15. The van der Waals surface area contributed by atoms with E-state index in [2.05, 4.69) is 34.2 Å². The second-order valence-corrected chi connectivity index (χ2v) is 16.2. The van der Waals surface area contributed by atoms with Crippen LogP contribution in [-0.2, 0) is 33.3 Å². The monoisotopic (exact) mass is 776 g/mol. The van der Waals surface area contributed by atoms with E-state index in [-0.39, 0.29) is 34.6 Å². The van der Waals surface area contributed by atoms with Gasteiger partial charge in [0, 0.05) is 53.0 Å². The molecular weight excluding hydrogens is 717 g/mol. The van der Waals surface area contributed by atoms with Crippen molar-refractivity contribution in [2.75, 3.05) is 41.3 Å². The summed E-state index contributed by atoms with van der Waals surface area (Å²) in [5, 5.41) is 12.0. The van der Waals surface area contributed by atoms with Crippen molar-refractivity contribution in [3.8, 4) is 0 Å². The van der Waals surface area contributed by atoms with Crippen molar-refractivity contribution in [2.24, 2.45) is 29.0 Å². The molecule has 8 N–H and O–H groups in total. The molecule has 0 unspecified atom stereocenters. The summed E-state index contributed by atoms with van der Waals surface area (Å²) in [6.07, 6.45) is 3.33. The number of benzene rings is 4. The van der Waals surface area contributed by atoms with Gasteiger partial charge in [0.05, 0.1) is 5.92 Å². The second-order valence-electron chi connectivity index (χ2n) is 16.2. The highest BCUT2D eigenvalue weighted by Crippen LogP contribution is 2.54. The van der Waals surface area contributed by atoms with Crippen LogP contribution in [0.2, 0.25) is 0 Å². The third kappa shape index (κ3) is 12.1. The average molecular weight is 777 g/mol. The van der Waals surface area contributed by atoms with Crippen LogP contribution in [0.1, 0.15) is 69.7 Å². The van der Waals surface area contributed by atoms with E-state index in [0.29, 0.717) is 30.3 Å². The molecule has 304 valence electrons. The Morgan fingerprint density at radius 2 is 1.04 bits per heavy atom. The summed E-state index contributed by atoms with van der Waals surface area (Å²) in [5.74, 6) is -1.51. The number of likely N-dealkylation sites (N-methyl/N-ethyl adjacent to an activating group) is 2. The Balaban J connectivity index is 0.000000209. The zero-order valence-electron chi connectivity index (χ0n) is 34.2. The number of primary amides is 2. The van der Waals surface area contributed by atoms with E-state index in [0.717, 1.165) is 42.4 Å². The van der Waals surface area contributed by atoms with Crippen LogP contribution in [0.4, 0.5) is 0 Å². The molecule has 6 atom stereocenters. The van der Waals surface area contributed by atoms with Gasteiger partial charge in [0.2, 0.25) is 17.7 Å². The van der Waals surface area contributed by atoms with E-state index in [1.165, 1.54) is 5.56 Å². The molecular formula is C46H60N6O5. The Bertz CT molecular complexity index is 1940. The lowest BCUT2D eigenvalue weighted by Crippen LogP contribution is -2.42. The smallest absolute Gasteiger partial charge is 0.307 e. The van der Waals surface area contributed by atoms with E-state index >= 15 is 0 Å². The minimum absolute atomic E-state index is 0.0348. The zero-order chi connectivity index (χ0) is 41.9. The van der Waals surface area contributed by atoms with E-state index in [1.54, 1.807) is 24.3 Å². The van der Waals surface area contributed by atoms with Crippen LogP contribution in [0.3, 0.4) is 0 Å². The summed E-state index contributed by atoms with van der Waals surface area (Å²) < 4.78 is 0. The van der Waals surface area contributed by atoms with Crippen molar-refractivity contribution >= 4 is 23.7 Å². The van der Waals surface area contributed by atoms with Crippen LogP contribution >= 0.6 is 0 Å². The number of carboxylic acid groups (broad SMARTS) is 1. The van der Waals surface area contributed by atoms with Crippen LogP contribution in [0.25, 0.3) is 0 Å². The lowest BCUT2D eigenvalue weighted by atomic mass is 9.95. The SMILES string of the molecule is CN(C)[C@H](CN)Cc1ccc(C(N)=O)cc1.CN(C)[C@H](CNC(=O)[C@@H]1C[C@]1(C)c1ccccc1)Cc1ccc(C(N)=O)cc1.C[C@]1(c2ccccc2)C[C@H]1C(=O)O. The minimum atomic E-state index is -0.675. The maximum atomic E-state index is 12.7. The molecule has 2 saturated carbocycles. The van der Waals surface area contributed by atoms with Gasteiger partial charge in [-0.15, -0.1) is 0 Å². The molecule has 0 heterocycles. The third-order valence-corrected chi connectivity index (χ3v) is 11.6. The molecule has 57 heavy (non-hydrogen) atoms. The van der Waals surface area contributed by atoms with Gasteiger partial charge < -0.3 is 37.4 Å². The van der Waals surface area contributed by atoms with Crippen molar-refractivity contribution < 1.29 is 24.3 Å². The van der Waals surface area contributed by atoms with Gasteiger partial charge in [0.1, 0.15) is 0 Å². The fraction of sp³-hybridized carbons (Fsp3) is 0.391. The fourth-order valence-electron chi connectivity index (χ4n) is 7.16. The van der Waals surface area contributed by atoms with Gasteiger partial charge in [-0.3, -0.25) is 19.2 Å². The summed E-state index contributed by atoms with van der Waals surface area (Å²) in [6, 6.07) is 35.3. The Morgan fingerprint density at radius 1 is 0.649 bits per heavy atom. The molecule has 2 aliphatic carbocycles. The molecule has 0 bridgehead atoms. The second kappa shape index (κ2) is 19.7. The van der Waals surface area contributed by atoms with Gasteiger partial charge in [-0.1, -0.05) is 98.8 Å². The first kappa shape index (κ1) is 44.4. The Labute approximate surface area is 337 Å². The molecule has 4 aromatic rings. The molecule has 11 heteroatoms. The van der Waals surface area contributed by atoms with Crippen molar-refractivity contribution in [3.63, 3.8) is 0 Å². The number of carboxylic acids is 1. The summed E-state index contributed by atoms with van der Waals surface area (Å²) in [6.45, 7) is 5.38. The first-order valence-corrected chi connectivity index (χ1v) is 19.4. The number of hydrogen-bond acceptors (Lipinski definition) is 7. The highest BCUT2D eigenvalue weighted by atomic mass is 16.4. The summed E-state index contributed by atoms with van der Waals surface area (Å²) in [4.78, 5) is 49.8. The van der Waals surface area contributed by atoms with Crippen molar-refractivity contribution in [1.29, 1.82) is 0 Å². The number of hydrogen-bond donors (Lipinski definition) is 5. The van der Waals surface area contributed by atoms with Crippen LogP contribution in [0, 0.1) is 11.8 Å². The largest absolute Gasteiger partial charge is 0.481 e. The third-order valence-electron chi connectivity index (χ3n) is 11.6. The number of carbonyl (C=O) groups excluding carboxylic acids is 3. The summed E-state index contributed by atoms with van der Waals surface area (Å²) in [7, 11) is 8.05. The van der Waals surface area contributed by atoms with Crippen molar-refractivity contribution in [2.45, 2.75) is 62.4 Å². The minimum Gasteiger partial charge on any atom is -0.481 e. The Hall–Kier alpha value is -5.36. The molecule has 4 aromatic carbocycles. The van der Waals surface area contributed by atoms with Gasteiger partial charge in [0.15, 0.2) is 0 Å². The fourth-order valence-corrected chi connectivity index (χ4v) is 7.16. The summed E-state index contributed by atoms with van der Waals surface area (Å²) in [5.41, 5.74) is 21.7. The van der Waals surface area contributed by atoms with E-state index in [4.69, 9.17) is 22.3 Å². The van der Waals surface area contributed by atoms with Crippen LogP contribution in [0.15, 0.2) is 109 Å². The Kier molecular flexibility index (Phi) is 15.3. The van der Waals surface area contributed by atoms with Crippen LogP contribution in [0.5, 0.6) is 0 Å². The number of nitrogens with one attached hydrogen (secondary N) is 1. The number of carbonyl (C=O) groups is 4. The Morgan fingerprint density at radius 3 is 1.39 bits per heavy atom. The van der Waals surface area contributed by atoms with Crippen molar-refractivity contribution in [3.05, 3.63) is 143 Å². The lowest BCUT2D eigenvalue weighted by molar-refractivity contribution is -0.139. The topological polar surface area (TPSA) is 185 Å². The van der Waals surface area contributed by atoms with Gasteiger partial charge in [-0.05, 0) is 100 Å². The lowest BCUT2D eigenvalue weighted by Gasteiger charge is -2.25. The number of nitrogens with two attached hydrogens (primary N) is 3. The predicted molar refractivity (Wildman–Crippen MR) is 226 cm³/mol. The average Bonchev–Trinajstić information content (AvgIpc) is 4.11. The van der Waals surface area contributed by atoms with Crippen LogP contribution < -0.4 is 22.5 Å². The molecule has 0 saturated heterocycles. The molecule has 0 spiro atoms. The van der Waals surface area contributed by atoms with Crippen molar-refractivity contribution in [1.82, 2.24) is 15.1 Å². The normalized spacial score (nSPS) is 21.5. The van der Waals surface area contributed by atoms with Crippen LogP contribution in [-0.4, -0.2) is 92.0 Å². The van der Waals surface area contributed by atoms with Gasteiger partial charge in [0.25, 0.3) is 0 Å². The molecule has 2 aliphatic rings. The quantitative estimate of drug-likeness (QED) is 0.116. The van der Waals surface area contributed by atoms with E-state index < -0.39 is 17.8 Å². The molecule has 0 radical (unpaired) electrons. The maximum absolute atomic E-state index is 12.7. The number of nitrogens with zero attached hydrogens (tertiary/aromatic N) is 2. The first-order chi connectivity index (χ1) is 27.0. The summed E-state index contributed by atoms with van der Waals surface area (Å²) >= 11 is 0. The predicted octanol–water partition coefficient (Wildman–Crippen LogP) is 4.62. The van der Waals surface area contributed by atoms with Gasteiger partial charge >= 0.3 is 5.97 Å². The first-order valence-electron chi connectivity index (χ1n) is 19.4. The number of aliphatic carboxylic acids is 1. The molecule has 0 aromatic heterocycles. The highest BCUT2D eigenvalue weighted by molar-refractivity contribution is 5.93. The molecule has 6 rings (SSSR count). The standard InChI is InChI=1S/C23H29N3O2.C12H19N3O.C11H12O2/c1-23(18-7-5-4-6-8-18)14-20(23)22(28)25-15-19(26(2)3)13-16-9-11-17(12-10-16)21(24)27;1-15(2)11(8-13)7-9-3-5-10(6-4-9)12(14)16;1-11(7-9(11)10(12)13)8-5-3-2-4-6-8/h4-12,19-20H,13-15H2,1-3H3,(H2,24,27)(H,25,28);3-6,11H,7-8,13H2,1-2H3,(H2,14,16);2-6,9H,7H2,1H3,(H,12,13)/t19-,20-,23+;11-;9-,11+/m000/s1. The highest BCUT2D eigenvalue weighted by Gasteiger charge is 2.56. The molecule has 11 nitrogen and oxygen atoms in total. The number of amides is 3. The van der Waals surface area contributed by atoms with Gasteiger partial charge in [-0.2, -0.15) is 0 Å². The molecule has 3 amide bonds. The molecule has 0 aliphatic heterocycles.